The van der Waals surface area contributed by atoms with Crippen LogP contribution in [0.1, 0.15) is 0 Å². The van der Waals surface area contributed by atoms with Crippen LogP contribution in [0.2, 0.25) is 0 Å². The van der Waals surface area contributed by atoms with Gasteiger partial charge < -0.3 is 0 Å². The number of hydrogen-bond acceptors (Lipinski definition) is 9. The van der Waals surface area contributed by atoms with Crippen molar-refractivity contribution in [1.29, 1.82) is 0 Å². The molecule has 1 rings (SSSR count). The Morgan fingerprint density at radius 1 is 0.614 bits per heavy atom. The fourth-order valence-corrected chi connectivity index (χ4v) is 5.34. The summed E-state index contributed by atoms with van der Waals surface area (Å²) in [6.07, 6.45) is -43.2. The molecule has 0 aromatic carbocycles. The number of phosphoric acid groups is 1. The molecule has 1 saturated heterocycles. The molecule has 0 spiro atoms. The first-order chi connectivity index (χ1) is 19.2. The molecule has 4 atom stereocenters. The maximum absolute atomic E-state index is 13.9. The minimum Gasteiger partial charge on any atom is -0.279 e. The molecule has 2 N–H and O–H groups in total. The maximum atomic E-state index is 13.9. The topological polar surface area (TPSA) is 89.2 Å². The van der Waals surface area contributed by atoms with Gasteiger partial charge in [0.25, 0.3) is 12.7 Å². The van der Waals surface area contributed by atoms with Crippen LogP contribution in [0, 0.1) is 0 Å². The molecule has 0 saturated carbocycles. The predicted octanol–water partition coefficient (Wildman–Crippen LogP) is 7.63. The number of hydrogen-bond donors (Lipinski definition) is 1. The van der Waals surface area contributed by atoms with Crippen LogP contribution in [0.4, 0.5) is 87.8 Å². The fourth-order valence-electron chi connectivity index (χ4n) is 2.21. The molecule has 0 amide bonds. The Labute approximate surface area is 236 Å². The zero-order chi connectivity index (χ0) is 35.2. The highest BCUT2D eigenvalue weighted by molar-refractivity contribution is 8.00. The summed E-state index contributed by atoms with van der Waals surface area (Å²) in [6.45, 7) is 0. The fraction of sp³-hybridized carbons (Fsp3) is 1.00. The van der Waals surface area contributed by atoms with E-state index >= 15 is 0 Å². The minimum atomic E-state index is -7.23. The van der Waals surface area contributed by atoms with E-state index < -0.39 is 115 Å². The lowest BCUT2D eigenvalue weighted by atomic mass is 10.3. The molecule has 0 aromatic rings. The first-order valence-corrected chi connectivity index (χ1v) is 13.3. The van der Waals surface area contributed by atoms with Crippen molar-refractivity contribution in [3.63, 3.8) is 0 Å². The Balaban J connectivity index is 3.02. The summed E-state index contributed by atoms with van der Waals surface area (Å²) >= 11 is -2.78. The van der Waals surface area contributed by atoms with E-state index in [9.17, 15) is 92.4 Å². The van der Waals surface area contributed by atoms with E-state index in [-0.39, 0.29) is 0 Å². The monoisotopic (exact) mass is 763 g/mol. The number of nitrogens with two attached hydrogens (primary N) is 1. The third kappa shape index (κ3) is 9.00. The van der Waals surface area contributed by atoms with Crippen molar-refractivity contribution in [3.8, 4) is 0 Å². The van der Waals surface area contributed by atoms with E-state index in [0.29, 0.717) is 0 Å². The Kier molecular flexibility index (Phi) is 12.3. The van der Waals surface area contributed by atoms with Gasteiger partial charge in [0.15, 0.2) is 0 Å². The van der Waals surface area contributed by atoms with Gasteiger partial charge in [-0.05, 0) is 0 Å². The average Bonchev–Trinajstić information content (AvgIpc) is 3.15. The summed E-state index contributed by atoms with van der Waals surface area (Å²) in [6, 6.07) is 0. The lowest BCUT2D eigenvalue weighted by Gasteiger charge is -2.31. The molecule has 0 radical (unpaired) electrons. The summed E-state index contributed by atoms with van der Waals surface area (Å²) in [4.78, 5) is 0. The lowest BCUT2D eigenvalue weighted by Crippen LogP contribution is -2.55. The van der Waals surface area contributed by atoms with E-state index in [1.165, 1.54) is 0 Å². The van der Waals surface area contributed by atoms with Gasteiger partial charge in [-0.2, -0.15) is 79.0 Å². The van der Waals surface area contributed by atoms with Crippen molar-refractivity contribution in [3.05, 3.63) is 0 Å². The van der Waals surface area contributed by atoms with Gasteiger partial charge >= 0.3 is 54.7 Å². The summed E-state index contributed by atoms with van der Waals surface area (Å²) in [7, 11) is -5.20. The van der Waals surface area contributed by atoms with E-state index in [4.69, 9.17) is 0 Å². The molecule has 264 valence electrons. The SMILES string of the molecule is NOP1(=O)OC(CSC(F)(F)C(F)OC(F)(F)C(F)(F)C(F)(F)F)C(CSC(F)(F)C(F)OC(F)(F)C(F)(F)C(F)(F)F)O1. The number of alkyl halides is 20. The van der Waals surface area contributed by atoms with Crippen LogP contribution in [0.15, 0.2) is 0 Å². The molecule has 0 bridgehead atoms. The minimum absolute atomic E-state index is 1.39. The standard InChI is InChI=1S/C14H10F20NO6PS2/c15-5(37-13(31,32)9(21,22)11(25,26)27)7(17,18)43-1-3-4(40-42(36,39-3)41-35)2-44-8(19,20)6(16)38-14(33,34)10(23,24)12(28,29)30/h3-6H,1-2,35H2. The van der Waals surface area contributed by atoms with Crippen LogP contribution in [-0.4, -0.2) is 83.4 Å². The van der Waals surface area contributed by atoms with Crippen molar-refractivity contribution in [1.82, 2.24) is 0 Å². The molecular weight excluding hydrogens is 753 g/mol. The quantitative estimate of drug-likeness (QED) is 0.103. The van der Waals surface area contributed by atoms with Gasteiger partial charge in [0.1, 0.15) is 12.2 Å². The zero-order valence-electron chi connectivity index (χ0n) is 19.6. The molecule has 4 unspecified atom stereocenters. The van der Waals surface area contributed by atoms with Gasteiger partial charge in [0.05, 0.1) is 0 Å². The number of halogens is 20. The average molecular weight is 763 g/mol. The zero-order valence-corrected chi connectivity index (χ0v) is 22.1. The summed E-state index contributed by atoms with van der Waals surface area (Å²) in [5.74, 6) is -13.5. The van der Waals surface area contributed by atoms with Gasteiger partial charge in [0, 0.05) is 11.5 Å². The predicted molar refractivity (Wildman–Crippen MR) is 101 cm³/mol. The molecule has 1 aliphatic heterocycles. The van der Waals surface area contributed by atoms with Crippen LogP contribution in [0.5, 0.6) is 0 Å². The van der Waals surface area contributed by atoms with Crippen LogP contribution >= 0.6 is 31.3 Å². The first-order valence-electron chi connectivity index (χ1n) is 9.87. The van der Waals surface area contributed by atoms with Crippen LogP contribution in [-0.2, 0) is 27.7 Å². The van der Waals surface area contributed by atoms with Gasteiger partial charge in [-0.25, -0.2) is 23.9 Å². The second-order valence-electron chi connectivity index (χ2n) is 7.63. The molecular formula is C14H10F20NO6PS2. The van der Waals surface area contributed by atoms with E-state index in [0.717, 1.165) is 0 Å². The summed E-state index contributed by atoms with van der Waals surface area (Å²) in [5, 5.41) is -11.1. The number of rotatable bonds is 15. The Morgan fingerprint density at radius 3 is 1.11 bits per heavy atom. The number of phosphoric ester groups is 1. The van der Waals surface area contributed by atoms with E-state index in [1.54, 1.807) is 0 Å². The number of thioether (sulfide) groups is 2. The lowest BCUT2D eigenvalue weighted by molar-refractivity contribution is -0.446. The first kappa shape index (κ1) is 41.3. The second-order valence-corrected chi connectivity index (χ2v) is 11.5. The van der Waals surface area contributed by atoms with E-state index in [1.807, 2.05) is 0 Å². The van der Waals surface area contributed by atoms with E-state index in [2.05, 4.69) is 29.0 Å². The highest BCUT2D eigenvalue weighted by Crippen LogP contribution is 2.58. The normalized spacial score (nSPS) is 24.9. The van der Waals surface area contributed by atoms with Gasteiger partial charge in [0.2, 0.25) is 0 Å². The third-order valence-electron chi connectivity index (χ3n) is 4.43. The summed E-state index contributed by atoms with van der Waals surface area (Å²) in [5.41, 5.74) is 0. The highest BCUT2D eigenvalue weighted by atomic mass is 32.2. The Hall–Kier alpha value is -0.710. The highest BCUT2D eigenvalue weighted by Gasteiger charge is 2.77. The second kappa shape index (κ2) is 13.1. The smallest absolute Gasteiger partial charge is 0.279 e. The van der Waals surface area contributed by atoms with Gasteiger partial charge in [-0.1, -0.05) is 23.5 Å². The number of ether oxygens (including phenoxy) is 2. The van der Waals surface area contributed by atoms with Crippen molar-refractivity contribution < 1.29 is 116 Å². The molecule has 1 fully saturated rings. The van der Waals surface area contributed by atoms with Crippen molar-refractivity contribution in [2.45, 2.75) is 71.8 Å². The molecule has 44 heavy (non-hydrogen) atoms. The molecule has 0 aromatic heterocycles. The Morgan fingerprint density at radius 2 is 0.886 bits per heavy atom. The largest absolute Gasteiger partial charge is 0.491 e. The third-order valence-corrected chi connectivity index (χ3v) is 7.87. The van der Waals surface area contributed by atoms with Crippen LogP contribution in [0.25, 0.3) is 0 Å². The van der Waals surface area contributed by atoms with Crippen molar-refractivity contribution in [2.24, 2.45) is 5.90 Å². The van der Waals surface area contributed by atoms with Crippen LogP contribution < -0.4 is 5.90 Å². The molecule has 7 nitrogen and oxygen atoms in total. The molecule has 30 heteroatoms. The van der Waals surface area contributed by atoms with Crippen LogP contribution in [0.3, 0.4) is 0 Å². The van der Waals surface area contributed by atoms with Crippen molar-refractivity contribution in [2.75, 3.05) is 11.5 Å². The molecule has 1 heterocycles. The van der Waals surface area contributed by atoms with Crippen molar-refractivity contribution >= 4 is 31.3 Å². The maximum Gasteiger partial charge on any atom is 0.491 e. The Bertz CT molecular complexity index is 956. The summed E-state index contributed by atoms with van der Waals surface area (Å²) < 4.78 is 287. The molecule has 0 aliphatic carbocycles. The van der Waals surface area contributed by atoms with Gasteiger partial charge in [-0.3, -0.25) is 18.5 Å². The van der Waals surface area contributed by atoms with Gasteiger partial charge in [-0.15, -0.1) is 0 Å². The molecule has 1 aliphatic rings.